The second kappa shape index (κ2) is 7.21. The van der Waals surface area contributed by atoms with Gasteiger partial charge in [0.15, 0.2) is 0 Å². The van der Waals surface area contributed by atoms with Gasteiger partial charge in [-0.15, -0.1) is 0 Å². The van der Waals surface area contributed by atoms with Crippen LogP contribution in [0.2, 0.25) is 0 Å². The van der Waals surface area contributed by atoms with Gasteiger partial charge in [0.25, 0.3) is 0 Å². The first-order valence-corrected chi connectivity index (χ1v) is 6.61. The van der Waals surface area contributed by atoms with Gasteiger partial charge in [0.05, 0.1) is 5.69 Å². The van der Waals surface area contributed by atoms with E-state index in [2.05, 4.69) is 10.3 Å². The van der Waals surface area contributed by atoms with Crippen molar-refractivity contribution in [1.82, 2.24) is 4.98 Å². The van der Waals surface area contributed by atoms with Crippen molar-refractivity contribution in [3.05, 3.63) is 54.1 Å². The molecule has 0 atom stereocenters. The van der Waals surface area contributed by atoms with Crippen LogP contribution in [0.15, 0.2) is 48.5 Å². The van der Waals surface area contributed by atoms with E-state index in [1.807, 2.05) is 42.5 Å². The SMILES string of the molecule is NCCNc1cccc(-c2cccc(/C=C/C(=O)O)c2)n1. The number of nitrogens with zero attached hydrogens (tertiary/aromatic N) is 1. The summed E-state index contributed by atoms with van der Waals surface area (Å²) in [5.74, 6) is -0.198. The molecule has 0 unspecified atom stereocenters. The van der Waals surface area contributed by atoms with Crippen LogP contribution in [0.1, 0.15) is 5.56 Å². The normalized spacial score (nSPS) is 10.7. The van der Waals surface area contributed by atoms with Gasteiger partial charge >= 0.3 is 5.97 Å². The Morgan fingerprint density at radius 2 is 2.10 bits per heavy atom. The number of anilines is 1. The van der Waals surface area contributed by atoms with Crippen molar-refractivity contribution in [2.75, 3.05) is 18.4 Å². The number of pyridine rings is 1. The average Bonchev–Trinajstić information content (AvgIpc) is 2.51. The van der Waals surface area contributed by atoms with Gasteiger partial charge in [-0.3, -0.25) is 0 Å². The highest BCUT2D eigenvalue weighted by molar-refractivity contribution is 5.85. The Morgan fingerprint density at radius 1 is 1.29 bits per heavy atom. The fourth-order valence-corrected chi connectivity index (χ4v) is 1.86. The van der Waals surface area contributed by atoms with E-state index in [9.17, 15) is 4.79 Å². The zero-order valence-electron chi connectivity index (χ0n) is 11.5. The lowest BCUT2D eigenvalue weighted by molar-refractivity contribution is -0.131. The van der Waals surface area contributed by atoms with Crippen LogP contribution < -0.4 is 11.1 Å². The number of carbonyl (C=O) groups is 1. The number of carboxylic acids is 1. The van der Waals surface area contributed by atoms with E-state index in [1.165, 1.54) is 0 Å². The van der Waals surface area contributed by atoms with E-state index < -0.39 is 5.97 Å². The molecule has 1 aromatic carbocycles. The van der Waals surface area contributed by atoms with Crippen LogP contribution in [0.3, 0.4) is 0 Å². The Bertz CT molecular complexity index is 653. The topological polar surface area (TPSA) is 88.2 Å². The maximum absolute atomic E-state index is 10.6. The summed E-state index contributed by atoms with van der Waals surface area (Å²) in [5, 5.41) is 11.8. The van der Waals surface area contributed by atoms with Gasteiger partial charge in [-0.2, -0.15) is 0 Å². The van der Waals surface area contributed by atoms with E-state index in [4.69, 9.17) is 10.8 Å². The van der Waals surface area contributed by atoms with Crippen molar-refractivity contribution < 1.29 is 9.90 Å². The lowest BCUT2D eigenvalue weighted by atomic mass is 10.1. The summed E-state index contributed by atoms with van der Waals surface area (Å²) in [6.07, 6.45) is 2.67. The number of nitrogens with one attached hydrogen (secondary N) is 1. The van der Waals surface area contributed by atoms with Gasteiger partial charge in [-0.05, 0) is 29.8 Å². The predicted octanol–water partition coefficient (Wildman–Crippen LogP) is 2.22. The number of aliphatic carboxylic acids is 1. The highest BCUT2D eigenvalue weighted by Gasteiger charge is 2.01. The van der Waals surface area contributed by atoms with E-state index in [1.54, 1.807) is 6.08 Å². The third-order valence-corrected chi connectivity index (χ3v) is 2.80. The minimum absolute atomic E-state index is 0.543. The summed E-state index contributed by atoms with van der Waals surface area (Å²) in [6.45, 7) is 1.21. The second-order valence-electron chi connectivity index (χ2n) is 4.42. The Balaban J connectivity index is 2.25. The highest BCUT2D eigenvalue weighted by Crippen LogP contribution is 2.20. The predicted molar refractivity (Wildman–Crippen MR) is 83.9 cm³/mol. The summed E-state index contributed by atoms with van der Waals surface area (Å²) in [7, 11) is 0. The average molecular weight is 283 g/mol. The number of hydrogen-bond donors (Lipinski definition) is 3. The summed E-state index contributed by atoms with van der Waals surface area (Å²) in [4.78, 5) is 15.1. The van der Waals surface area contributed by atoms with Crippen molar-refractivity contribution in [2.45, 2.75) is 0 Å². The van der Waals surface area contributed by atoms with E-state index in [0.717, 1.165) is 28.7 Å². The molecular weight excluding hydrogens is 266 g/mol. The number of carboxylic acid groups (broad SMARTS) is 1. The first-order chi connectivity index (χ1) is 10.2. The molecule has 2 rings (SSSR count). The number of aromatic nitrogens is 1. The van der Waals surface area contributed by atoms with Crippen LogP contribution in [0, 0.1) is 0 Å². The third-order valence-electron chi connectivity index (χ3n) is 2.80. The summed E-state index contributed by atoms with van der Waals surface area (Å²) in [6, 6.07) is 13.3. The number of hydrogen-bond acceptors (Lipinski definition) is 4. The smallest absolute Gasteiger partial charge is 0.328 e. The molecule has 5 heteroatoms. The fourth-order valence-electron chi connectivity index (χ4n) is 1.86. The van der Waals surface area contributed by atoms with Crippen LogP contribution in [0.25, 0.3) is 17.3 Å². The molecule has 0 aliphatic rings. The number of benzene rings is 1. The molecule has 1 aromatic heterocycles. The monoisotopic (exact) mass is 283 g/mol. The third kappa shape index (κ3) is 4.43. The van der Waals surface area contributed by atoms with Crippen LogP contribution in [-0.2, 0) is 4.79 Å². The van der Waals surface area contributed by atoms with Crippen LogP contribution in [0.5, 0.6) is 0 Å². The summed E-state index contributed by atoms with van der Waals surface area (Å²) < 4.78 is 0. The summed E-state index contributed by atoms with van der Waals surface area (Å²) in [5.41, 5.74) is 8.03. The molecule has 4 N–H and O–H groups in total. The van der Waals surface area contributed by atoms with Gasteiger partial charge in [0.2, 0.25) is 0 Å². The quantitative estimate of drug-likeness (QED) is 0.707. The zero-order chi connectivity index (χ0) is 15.1. The molecule has 0 amide bonds. The van der Waals surface area contributed by atoms with Gasteiger partial charge in [-0.1, -0.05) is 24.3 Å². The van der Waals surface area contributed by atoms with Gasteiger partial charge in [-0.25, -0.2) is 9.78 Å². The maximum Gasteiger partial charge on any atom is 0.328 e. The first-order valence-electron chi connectivity index (χ1n) is 6.61. The largest absolute Gasteiger partial charge is 0.478 e. The molecule has 1 heterocycles. The molecule has 108 valence electrons. The lowest BCUT2D eigenvalue weighted by Crippen LogP contribution is -2.13. The van der Waals surface area contributed by atoms with Gasteiger partial charge < -0.3 is 16.2 Å². The Hall–Kier alpha value is -2.66. The standard InChI is InChI=1S/C16H17N3O2/c17-9-10-18-15-6-2-5-14(19-15)13-4-1-3-12(11-13)7-8-16(20)21/h1-8,11H,9-10,17H2,(H,18,19)(H,20,21)/b8-7+. The Labute approximate surface area is 123 Å². The molecule has 0 aliphatic carbocycles. The minimum atomic E-state index is -0.966. The molecule has 0 bridgehead atoms. The zero-order valence-corrected chi connectivity index (χ0v) is 11.5. The molecule has 0 radical (unpaired) electrons. The van der Waals surface area contributed by atoms with Crippen LogP contribution in [-0.4, -0.2) is 29.1 Å². The van der Waals surface area contributed by atoms with Crippen molar-refractivity contribution in [2.24, 2.45) is 5.73 Å². The van der Waals surface area contributed by atoms with Crippen LogP contribution >= 0.6 is 0 Å². The molecule has 21 heavy (non-hydrogen) atoms. The Kier molecular flexibility index (Phi) is 5.06. The Morgan fingerprint density at radius 3 is 2.86 bits per heavy atom. The molecule has 0 saturated heterocycles. The van der Waals surface area contributed by atoms with Gasteiger partial charge in [0, 0.05) is 24.7 Å². The molecule has 2 aromatic rings. The lowest BCUT2D eigenvalue weighted by Gasteiger charge is -2.07. The van der Waals surface area contributed by atoms with Crippen LogP contribution in [0.4, 0.5) is 5.82 Å². The molecule has 0 aliphatic heterocycles. The minimum Gasteiger partial charge on any atom is -0.478 e. The first kappa shape index (κ1) is 14.7. The fraction of sp³-hybridized carbons (Fsp3) is 0.125. The highest BCUT2D eigenvalue weighted by atomic mass is 16.4. The molecule has 0 fully saturated rings. The number of nitrogens with two attached hydrogens (primary N) is 1. The second-order valence-corrected chi connectivity index (χ2v) is 4.42. The van der Waals surface area contributed by atoms with Crippen molar-refractivity contribution in [1.29, 1.82) is 0 Å². The van der Waals surface area contributed by atoms with Crippen molar-refractivity contribution in [3.8, 4) is 11.3 Å². The van der Waals surface area contributed by atoms with Crippen molar-refractivity contribution >= 4 is 17.9 Å². The van der Waals surface area contributed by atoms with Gasteiger partial charge in [0.1, 0.15) is 5.82 Å². The van der Waals surface area contributed by atoms with E-state index in [-0.39, 0.29) is 0 Å². The molecule has 0 saturated carbocycles. The van der Waals surface area contributed by atoms with E-state index >= 15 is 0 Å². The maximum atomic E-state index is 10.6. The van der Waals surface area contributed by atoms with Crippen molar-refractivity contribution in [3.63, 3.8) is 0 Å². The summed E-state index contributed by atoms with van der Waals surface area (Å²) >= 11 is 0. The van der Waals surface area contributed by atoms with E-state index in [0.29, 0.717) is 13.1 Å². The number of rotatable bonds is 6. The molecule has 5 nitrogen and oxygen atoms in total. The molecular formula is C16H17N3O2. The molecule has 0 spiro atoms.